The number of aliphatic hydroxyl groups excluding tert-OH is 1. The van der Waals surface area contributed by atoms with Gasteiger partial charge in [-0.05, 0) is 32.1 Å². The first kappa shape index (κ1) is 12.8. The van der Waals surface area contributed by atoms with Crippen molar-refractivity contribution >= 4 is 5.91 Å². The summed E-state index contributed by atoms with van der Waals surface area (Å²) in [6.07, 6.45) is 6.67. The van der Waals surface area contributed by atoms with Crippen molar-refractivity contribution in [3.05, 3.63) is 0 Å². The van der Waals surface area contributed by atoms with Gasteiger partial charge in [0.15, 0.2) is 0 Å². The Morgan fingerprint density at radius 1 is 1.24 bits per heavy atom. The smallest absolute Gasteiger partial charge is 0.223 e. The summed E-state index contributed by atoms with van der Waals surface area (Å²) in [4.78, 5) is 12.0. The maximum Gasteiger partial charge on any atom is 0.223 e. The predicted octanol–water partition coefficient (Wildman–Crippen LogP) is 0.781. The molecule has 2 aliphatic carbocycles. The summed E-state index contributed by atoms with van der Waals surface area (Å²) in [7, 11) is 0. The molecule has 0 aromatic carbocycles. The van der Waals surface area contributed by atoms with Gasteiger partial charge in [-0.25, -0.2) is 0 Å². The van der Waals surface area contributed by atoms with Crippen LogP contribution in [-0.2, 0) is 4.79 Å². The first-order chi connectivity index (χ1) is 8.16. The Labute approximate surface area is 103 Å². The third-order valence-electron chi connectivity index (χ3n) is 4.24. The number of hydrogen-bond acceptors (Lipinski definition) is 3. The Kier molecular flexibility index (Phi) is 4.40. The summed E-state index contributed by atoms with van der Waals surface area (Å²) in [6.45, 7) is 0.631. The number of carbonyl (C=O) groups excluding carboxylic acids is 1. The van der Waals surface area contributed by atoms with Crippen molar-refractivity contribution in [2.75, 3.05) is 6.54 Å². The van der Waals surface area contributed by atoms with Gasteiger partial charge >= 0.3 is 0 Å². The van der Waals surface area contributed by atoms with E-state index < -0.39 is 0 Å². The number of amides is 1. The van der Waals surface area contributed by atoms with E-state index >= 15 is 0 Å². The van der Waals surface area contributed by atoms with E-state index in [9.17, 15) is 9.90 Å². The van der Waals surface area contributed by atoms with Crippen LogP contribution in [0.1, 0.15) is 44.9 Å². The lowest BCUT2D eigenvalue weighted by molar-refractivity contribution is -0.126. The first-order valence-corrected chi connectivity index (χ1v) is 6.88. The van der Waals surface area contributed by atoms with Gasteiger partial charge in [0.2, 0.25) is 5.91 Å². The summed E-state index contributed by atoms with van der Waals surface area (Å²) in [5.74, 6) is 0.493. The van der Waals surface area contributed by atoms with Crippen molar-refractivity contribution in [1.82, 2.24) is 5.32 Å². The van der Waals surface area contributed by atoms with E-state index in [0.717, 1.165) is 44.9 Å². The molecule has 0 saturated heterocycles. The first-order valence-electron chi connectivity index (χ1n) is 6.88. The Morgan fingerprint density at radius 2 is 2.00 bits per heavy atom. The molecular formula is C13H24N2O2. The molecular weight excluding hydrogens is 216 g/mol. The van der Waals surface area contributed by atoms with Crippen molar-refractivity contribution in [3.8, 4) is 0 Å². The molecule has 2 rings (SSSR count). The van der Waals surface area contributed by atoms with Crippen molar-refractivity contribution in [3.63, 3.8) is 0 Å². The molecule has 4 atom stereocenters. The number of carbonyl (C=O) groups is 1. The minimum absolute atomic E-state index is 0.0947. The molecule has 4 unspecified atom stereocenters. The van der Waals surface area contributed by atoms with Crippen LogP contribution in [0.25, 0.3) is 0 Å². The lowest BCUT2D eigenvalue weighted by atomic mass is 9.85. The minimum Gasteiger partial charge on any atom is -0.393 e. The zero-order valence-corrected chi connectivity index (χ0v) is 10.4. The topological polar surface area (TPSA) is 75.4 Å². The summed E-state index contributed by atoms with van der Waals surface area (Å²) in [5, 5.41) is 12.7. The zero-order chi connectivity index (χ0) is 12.3. The van der Waals surface area contributed by atoms with Crippen LogP contribution in [0, 0.1) is 11.8 Å². The molecule has 17 heavy (non-hydrogen) atoms. The Bertz CT molecular complexity index is 270. The van der Waals surface area contributed by atoms with Crippen molar-refractivity contribution in [2.45, 2.75) is 57.1 Å². The summed E-state index contributed by atoms with van der Waals surface area (Å²) < 4.78 is 0. The SMILES string of the molecule is NC1CCCC(C(=O)NCC2CCCC2O)C1. The molecule has 4 heteroatoms. The van der Waals surface area contributed by atoms with Gasteiger partial charge in [-0.3, -0.25) is 4.79 Å². The largest absolute Gasteiger partial charge is 0.393 e. The zero-order valence-electron chi connectivity index (χ0n) is 10.4. The van der Waals surface area contributed by atoms with Gasteiger partial charge in [0, 0.05) is 24.4 Å². The highest BCUT2D eigenvalue weighted by atomic mass is 16.3. The summed E-state index contributed by atoms with van der Waals surface area (Å²) >= 11 is 0. The quantitative estimate of drug-likeness (QED) is 0.682. The number of nitrogens with one attached hydrogen (secondary N) is 1. The van der Waals surface area contributed by atoms with Gasteiger partial charge < -0.3 is 16.2 Å². The molecule has 2 aliphatic rings. The average molecular weight is 240 g/mol. The molecule has 2 fully saturated rings. The molecule has 0 aliphatic heterocycles. The maximum absolute atomic E-state index is 12.0. The van der Waals surface area contributed by atoms with E-state index in [0.29, 0.717) is 6.54 Å². The summed E-state index contributed by atoms with van der Waals surface area (Å²) in [5.41, 5.74) is 5.88. The predicted molar refractivity (Wildman–Crippen MR) is 66.3 cm³/mol. The highest BCUT2D eigenvalue weighted by Crippen LogP contribution is 2.26. The number of rotatable bonds is 3. The highest BCUT2D eigenvalue weighted by molar-refractivity contribution is 5.78. The Balaban J connectivity index is 1.73. The van der Waals surface area contributed by atoms with Crippen LogP contribution in [0.3, 0.4) is 0 Å². The number of aliphatic hydroxyl groups is 1. The molecule has 1 amide bonds. The Hall–Kier alpha value is -0.610. The summed E-state index contributed by atoms with van der Waals surface area (Å²) in [6, 6.07) is 0.191. The third-order valence-corrected chi connectivity index (χ3v) is 4.24. The lowest BCUT2D eigenvalue weighted by Gasteiger charge is -2.26. The van der Waals surface area contributed by atoms with Crippen LogP contribution in [-0.4, -0.2) is 29.7 Å². The van der Waals surface area contributed by atoms with Gasteiger partial charge in [-0.1, -0.05) is 12.8 Å². The second-order valence-electron chi connectivity index (χ2n) is 5.63. The second-order valence-corrected chi connectivity index (χ2v) is 5.63. The Morgan fingerprint density at radius 3 is 2.65 bits per heavy atom. The van der Waals surface area contributed by atoms with E-state index in [2.05, 4.69) is 5.32 Å². The van der Waals surface area contributed by atoms with Gasteiger partial charge in [0.1, 0.15) is 0 Å². The molecule has 98 valence electrons. The maximum atomic E-state index is 12.0. The van der Waals surface area contributed by atoms with Gasteiger partial charge in [-0.15, -0.1) is 0 Å². The van der Waals surface area contributed by atoms with Crippen LogP contribution in [0.4, 0.5) is 0 Å². The molecule has 0 aromatic rings. The van der Waals surface area contributed by atoms with E-state index in [1.807, 2.05) is 0 Å². The van der Waals surface area contributed by atoms with Crippen LogP contribution in [0.2, 0.25) is 0 Å². The second kappa shape index (κ2) is 5.83. The average Bonchev–Trinajstić information content (AvgIpc) is 2.72. The standard InChI is InChI=1S/C13H24N2O2/c14-11-5-1-3-9(7-11)13(17)15-8-10-4-2-6-12(10)16/h9-12,16H,1-8,14H2,(H,15,17). The third kappa shape index (κ3) is 3.42. The highest BCUT2D eigenvalue weighted by Gasteiger charge is 2.28. The minimum atomic E-state index is -0.219. The van der Waals surface area contributed by atoms with Crippen LogP contribution in [0.15, 0.2) is 0 Å². The molecule has 2 saturated carbocycles. The number of nitrogens with two attached hydrogens (primary N) is 1. The van der Waals surface area contributed by atoms with E-state index in [1.54, 1.807) is 0 Å². The van der Waals surface area contributed by atoms with Crippen molar-refractivity contribution in [2.24, 2.45) is 17.6 Å². The molecule has 4 nitrogen and oxygen atoms in total. The molecule has 0 aromatic heterocycles. The number of hydrogen-bond donors (Lipinski definition) is 3. The van der Waals surface area contributed by atoms with Gasteiger partial charge in [0.25, 0.3) is 0 Å². The fourth-order valence-corrected chi connectivity index (χ4v) is 3.10. The molecule has 4 N–H and O–H groups in total. The molecule has 0 radical (unpaired) electrons. The van der Waals surface area contributed by atoms with E-state index in [1.165, 1.54) is 0 Å². The lowest BCUT2D eigenvalue weighted by Crippen LogP contribution is -2.40. The fraction of sp³-hybridized carbons (Fsp3) is 0.923. The normalized spacial score (nSPS) is 38.0. The van der Waals surface area contributed by atoms with Crippen LogP contribution in [0.5, 0.6) is 0 Å². The fourth-order valence-electron chi connectivity index (χ4n) is 3.10. The van der Waals surface area contributed by atoms with Crippen molar-refractivity contribution < 1.29 is 9.90 Å². The van der Waals surface area contributed by atoms with E-state index in [4.69, 9.17) is 5.73 Å². The molecule has 0 heterocycles. The monoisotopic (exact) mass is 240 g/mol. The van der Waals surface area contributed by atoms with Crippen LogP contribution < -0.4 is 11.1 Å². The van der Waals surface area contributed by atoms with Gasteiger partial charge in [-0.2, -0.15) is 0 Å². The van der Waals surface area contributed by atoms with Crippen molar-refractivity contribution in [1.29, 1.82) is 0 Å². The molecule has 0 bridgehead atoms. The van der Waals surface area contributed by atoms with Crippen LogP contribution >= 0.6 is 0 Å². The molecule has 0 spiro atoms. The van der Waals surface area contributed by atoms with Gasteiger partial charge in [0.05, 0.1) is 6.10 Å². The van der Waals surface area contributed by atoms with E-state index in [-0.39, 0.29) is 29.9 Å².